The van der Waals surface area contributed by atoms with Gasteiger partial charge in [-0.05, 0) is 55.8 Å². The Hall–Kier alpha value is -3.61. The van der Waals surface area contributed by atoms with Gasteiger partial charge in [-0.1, -0.05) is 66.2 Å². The van der Waals surface area contributed by atoms with Crippen molar-refractivity contribution in [2.45, 2.75) is 141 Å². The molecule has 5 N–H and O–H groups in total. The molecular formula is C34H52N6O7. The van der Waals surface area contributed by atoms with Crippen LogP contribution in [0.15, 0.2) is 18.6 Å². The maximum Gasteiger partial charge on any atom is 0.334 e. The van der Waals surface area contributed by atoms with Gasteiger partial charge in [0, 0.05) is 18.4 Å². The van der Waals surface area contributed by atoms with Crippen molar-refractivity contribution in [1.82, 2.24) is 30.8 Å². The van der Waals surface area contributed by atoms with E-state index in [0.29, 0.717) is 12.8 Å². The number of aliphatic hydroxyl groups excluding tert-OH is 1. The van der Waals surface area contributed by atoms with E-state index in [1.165, 1.54) is 18.6 Å². The molecule has 2 aliphatic carbocycles. The summed E-state index contributed by atoms with van der Waals surface area (Å²) >= 11 is 0. The fourth-order valence-corrected chi connectivity index (χ4v) is 7.61. The molecule has 0 spiro atoms. The molecule has 260 valence electrons. The Bertz CT molecular complexity index is 1270. The number of hydrogen-bond donors (Lipinski definition) is 5. The number of rotatable bonds is 12. The second-order valence-corrected chi connectivity index (χ2v) is 14.5. The predicted octanol–water partition coefficient (Wildman–Crippen LogP) is 2.58. The number of fused-ring (bicyclic) bond motifs is 1. The van der Waals surface area contributed by atoms with Gasteiger partial charge in [0.2, 0.25) is 17.7 Å². The summed E-state index contributed by atoms with van der Waals surface area (Å²) in [5, 5.41) is 28.4. The molecule has 2 heterocycles. The lowest BCUT2D eigenvalue weighted by atomic mass is 9.81. The van der Waals surface area contributed by atoms with E-state index < -0.39 is 59.4 Å². The number of aromatic nitrogens is 2. The molecule has 4 amide bonds. The summed E-state index contributed by atoms with van der Waals surface area (Å²) in [6.45, 7) is 7.40. The highest BCUT2D eigenvalue weighted by molar-refractivity contribution is 5.98. The average molecular weight is 657 g/mol. The molecule has 1 saturated heterocycles. The standard InChI is InChI=1S/C34H52N6O7/c1-5-11-22(27(41)33(46)47)37-30(43)25-18-21-14-9-10-15-24(21)40(25)32(45)28(34(2,3)4)39-31(44)26(20-12-7-6-8-13-20)38-29(42)23-19-35-16-17-36-23/h16-17,19-22,24-28,41H,5-15,18H2,1-4H3,(H,37,43)(H,38,42)(H,39,44)(H,46,47)/t21?,22-,24?,25-,26-,27?,28+/m0/s1. The quantitative estimate of drug-likeness (QED) is 0.225. The Morgan fingerprint density at radius 1 is 0.957 bits per heavy atom. The van der Waals surface area contributed by atoms with Gasteiger partial charge >= 0.3 is 5.97 Å². The summed E-state index contributed by atoms with van der Waals surface area (Å²) in [5.74, 6) is -3.31. The lowest BCUT2D eigenvalue weighted by Gasteiger charge is -2.40. The summed E-state index contributed by atoms with van der Waals surface area (Å²) in [6, 6.07) is -3.98. The third-order valence-electron chi connectivity index (χ3n) is 10.1. The monoisotopic (exact) mass is 656 g/mol. The minimum atomic E-state index is -1.78. The third kappa shape index (κ3) is 8.85. The summed E-state index contributed by atoms with van der Waals surface area (Å²) in [4.78, 5) is 77.1. The highest BCUT2D eigenvalue weighted by Gasteiger charge is 2.51. The molecule has 2 saturated carbocycles. The van der Waals surface area contributed by atoms with Crippen molar-refractivity contribution >= 4 is 29.6 Å². The summed E-state index contributed by atoms with van der Waals surface area (Å²) in [7, 11) is 0. The zero-order valence-corrected chi connectivity index (χ0v) is 28.1. The van der Waals surface area contributed by atoms with E-state index in [9.17, 15) is 34.2 Å². The molecule has 7 atom stereocenters. The summed E-state index contributed by atoms with van der Waals surface area (Å²) in [6.07, 6.45) is 11.6. The van der Waals surface area contributed by atoms with E-state index >= 15 is 0 Å². The van der Waals surface area contributed by atoms with E-state index in [0.717, 1.165) is 57.8 Å². The van der Waals surface area contributed by atoms with Crippen molar-refractivity contribution in [2.75, 3.05) is 0 Å². The highest BCUT2D eigenvalue weighted by Crippen LogP contribution is 2.41. The van der Waals surface area contributed by atoms with Crippen molar-refractivity contribution in [3.63, 3.8) is 0 Å². The van der Waals surface area contributed by atoms with Gasteiger partial charge in [0.05, 0.1) is 12.2 Å². The predicted molar refractivity (Wildman–Crippen MR) is 173 cm³/mol. The molecule has 3 fully saturated rings. The van der Waals surface area contributed by atoms with Crippen molar-refractivity contribution in [3.8, 4) is 0 Å². The Morgan fingerprint density at radius 3 is 2.26 bits per heavy atom. The first-order valence-electron chi connectivity index (χ1n) is 17.2. The number of amides is 4. The number of carboxylic acid groups (broad SMARTS) is 1. The van der Waals surface area contributed by atoms with Gasteiger partial charge in [-0.2, -0.15) is 0 Å². The molecule has 47 heavy (non-hydrogen) atoms. The molecule has 13 nitrogen and oxygen atoms in total. The molecule has 1 aromatic rings. The fraction of sp³-hybridized carbons (Fsp3) is 0.735. The van der Waals surface area contributed by atoms with Crippen LogP contribution in [0.5, 0.6) is 0 Å². The van der Waals surface area contributed by atoms with Gasteiger partial charge in [0.15, 0.2) is 6.10 Å². The fourth-order valence-electron chi connectivity index (χ4n) is 7.61. The molecule has 3 unspecified atom stereocenters. The zero-order valence-electron chi connectivity index (χ0n) is 28.1. The van der Waals surface area contributed by atoms with Crippen molar-refractivity contribution in [3.05, 3.63) is 24.3 Å². The third-order valence-corrected chi connectivity index (χ3v) is 10.1. The van der Waals surface area contributed by atoms with Crippen LogP contribution in [-0.2, 0) is 19.2 Å². The number of nitrogens with one attached hydrogen (secondary N) is 3. The first-order chi connectivity index (χ1) is 22.3. The molecule has 0 radical (unpaired) electrons. The van der Waals surface area contributed by atoms with Crippen LogP contribution in [0.25, 0.3) is 0 Å². The number of carbonyl (C=O) groups excluding carboxylic acids is 4. The van der Waals surface area contributed by atoms with Crippen LogP contribution in [0.1, 0.15) is 115 Å². The summed E-state index contributed by atoms with van der Waals surface area (Å²) in [5.41, 5.74) is -0.662. The number of aliphatic hydroxyl groups is 1. The first-order valence-corrected chi connectivity index (χ1v) is 17.2. The van der Waals surface area contributed by atoms with Crippen LogP contribution in [0.2, 0.25) is 0 Å². The average Bonchev–Trinajstić information content (AvgIpc) is 3.45. The molecule has 0 bridgehead atoms. The van der Waals surface area contributed by atoms with Gasteiger partial charge in [-0.15, -0.1) is 0 Å². The van der Waals surface area contributed by atoms with E-state index in [-0.39, 0.29) is 35.9 Å². The highest BCUT2D eigenvalue weighted by atomic mass is 16.4. The van der Waals surface area contributed by atoms with Crippen molar-refractivity contribution in [2.24, 2.45) is 17.3 Å². The lowest BCUT2D eigenvalue weighted by Crippen LogP contribution is -2.63. The van der Waals surface area contributed by atoms with Gasteiger partial charge in [0.25, 0.3) is 5.91 Å². The normalized spacial score (nSPS) is 24.3. The first kappa shape index (κ1) is 36.2. The van der Waals surface area contributed by atoms with Crippen LogP contribution >= 0.6 is 0 Å². The number of carboxylic acids is 1. The maximum atomic E-state index is 14.7. The number of aliphatic carboxylic acids is 1. The van der Waals surface area contributed by atoms with E-state index in [1.807, 2.05) is 27.7 Å². The molecule has 4 rings (SSSR count). The zero-order chi connectivity index (χ0) is 34.3. The van der Waals surface area contributed by atoms with Gasteiger partial charge in [-0.3, -0.25) is 24.2 Å². The van der Waals surface area contributed by atoms with Crippen LogP contribution < -0.4 is 16.0 Å². The van der Waals surface area contributed by atoms with Crippen LogP contribution in [0, 0.1) is 17.3 Å². The van der Waals surface area contributed by atoms with Gasteiger partial charge in [-0.25, -0.2) is 9.78 Å². The van der Waals surface area contributed by atoms with Gasteiger partial charge < -0.3 is 31.1 Å². The topological polar surface area (TPSA) is 191 Å². The number of likely N-dealkylation sites (tertiary alicyclic amines) is 1. The van der Waals surface area contributed by atoms with Crippen LogP contribution in [-0.4, -0.2) is 91.0 Å². The smallest absolute Gasteiger partial charge is 0.334 e. The van der Waals surface area contributed by atoms with Crippen molar-refractivity contribution in [1.29, 1.82) is 0 Å². The van der Waals surface area contributed by atoms with Crippen LogP contribution in [0.3, 0.4) is 0 Å². The van der Waals surface area contributed by atoms with Crippen molar-refractivity contribution < 1.29 is 34.2 Å². The molecule has 1 aliphatic heterocycles. The Morgan fingerprint density at radius 2 is 1.64 bits per heavy atom. The Kier molecular flexibility index (Phi) is 12.3. The van der Waals surface area contributed by atoms with Crippen LogP contribution in [0.4, 0.5) is 0 Å². The Labute approximate surface area is 277 Å². The maximum absolute atomic E-state index is 14.7. The SMILES string of the molecule is CCC[C@H](NC(=O)[C@@H]1CC2CCCCC2N1C(=O)[C@@H](NC(=O)[C@@H](NC(=O)c1cnccn1)C1CCCCC1)C(C)(C)C)C(O)C(=O)O. The number of hydrogen-bond acceptors (Lipinski definition) is 8. The molecule has 3 aliphatic rings. The Balaban J connectivity index is 1.61. The number of nitrogens with zero attached hydrogens (tertiary/aromatic N) is 3. The van der Waals surface area contributed by atoms with E-state index in [1.54, 1.807) is 4.90 Å². The largest absolute Gasteiger partial charge is 0.479 e. The second-order valence-electron chi connectivity index (χ2n) is 14.5. The molecule has 13 heteroatoms. The second kappa shape index (κ2) is 16.0. The minimum Gasteiger partial charge on any atom is -0.479 e. The van der Waals surface area contributed by atoms with E-state index in [4.69, 9.17) is 0 Å². The minimum absolute atomic E-state index is 0.0909. The van der Waals surface area contributed by atoms with Gasteiger partial charge in [0.1, 0.15) is 23.8 Å². The summed E-state index contributed by atoms with van der Waals surface area (Å²) < 4.78 is 0. The number of carbonyl (C=O) groups is 5. The molecule has 1 aromatic heterocycles. The lowest BCUT2D eigenvalue weighted by molar-refractivity contribution is -0.150. The van der Waals surface area contributed by atoms with E-state index in [2.05, 4.69) is 25.9 Å². The molecule has 0 aromatic carbocycles. The molecular weight excluding hydrogens is 604 g/mol.